The van der Waals surface area contributed by atoms with E-state index in [0.29, 0.717) is 11.3 Å². The molecule has 0 saturated carbocycles. The standard InChI is InChI=1S/C14H23O4Si2/c1-14(2,16)13(15)11-7-9-12(10-8-11)17-19(3)18-20(4,5)6/h7-10,16H,1-6H3. The Hall–Kier alpha value is -0.956. The molecule has 0 saturated heterocycles. The van der Waals surface area contributed by atoms with Crippen LogP contribution in [0.2, 0.25) is 26.2 Å². The minimum atomic E-state index is -1.59. The monoisotopic (exact) mass is 311 g/mol. The zero-order chi connectivity index (χ0) is 15.6. The molecule has 0 heterocycles. The van der Waals surface area contributed by atoms with Gasteiger partial charge in [-0.3, -0.25) is 4.79 Å². The molecule has 0 aliphatic carbocycles. The molecule has 0 aliphatic heterocycles. The van der Waals surface area contributed by atoms with E-state index < -0.39 is 23.2 Å². The lowest BCUT2D eigenvalue weighted by Crippen LogP contribution is -2.36. The van der Waals surface area contributed by atoms with E-state index in [1.165, 1.54) is 13.8 Å². The first-order valence-corrected chi connectivity index (χ1v) is 11.8. The summed E-state index contributed by atoms with van der Waals surface area (Å²) in [5.41, 5.74) is -0.885. The maximum absolute atomic E-state index is 11.9. The highest BCUT2D eigenvalue weighted by Crippen LogP contribution is 2.18. The maximum atomic E-state index is 11.9. The van der Waals surface area contributed by atoms with E-state index >= 15 is 0 Å². The Morgan fingerprint density at radius 1 is 1.20 bits per heavy atom. The number of carbonyl (C=O) groups excluding carboxylic acids is 1. The average molecular weight is 312 g/mol. The van der Waals surface area contributed by atoms with Crippen LogP contribution in [0.4, 0.5) is 0 Å². The van der Waals surface area contributed by atoms with Crippen molar-refractivity contribution in [3.8, 4) is 5.75 Å². The van der Waals surface area contributed by atoms with Gasteiger partial charge in [0.1, 0.15) is 11.4 Å². The Bertz CT molecular complexity index is 458. The Balaban J connectivity index is 2.70. The van der Waals surface area contributed by atoms with Crippen molar-refractivity contribution in [1.82, 2.24) is 0 Å². The van der Waals surface area contributed by atoms with Gasteiger partial charge in [0, 0.05) is 5.56 Å². The van der Waals surface area contributed by atoms with Gasteiger partial charge in [0.25, 0.3) is 0 Å². The summed E-state index contributed by atoms with van der Waals surface area (Å²) in [5.74, 6) is 0.386. The van der Waals surface area contributed by atoms with E-state index in [9.17, 15) is 9.90 Å². The first kappa shape index (κ1) is 17.1. The maximum Gasteiger partial charge on any atom is 0.443 e. The number of Topliss-reactive ketones (excluding diaryl/α,β-unsaturated/α-hetero) is 1. The number of ketones is 1. The number of rotatable bonds is 6. The molecule has 1 rings (SSSR count). The lowest BCUT2D eigenvalue weighted by molar-refractivity contribution is 0.0488. The number of hydrogen-bond donors (Lipinski definition) is 1. The molecule has 0 aromatic heterocycles. The van der Waals surface area contributed by atoms with E-state index in [1.54, 1.807) is 24.3 Å². The molecule has 0 unspecified atom stereocenters. The minimum absolute atomic E-state index is 0.301. The summed E-state index contributed by atoms with van der Waals surface area (Å²) in [6.45, 7) is 11.3. The molecule has 0 atom stereocenters. The van der Waals surface area contributed by atoms with Crippen molar-refractivity contribution in [1.29, 1.82) is 0 Å². The zero-order valence-corrected chi connectivity index (χ0v) is 15.0. The van der Waals surface area contributed by atoms with Crippen LogP contribution in [0.15, 0.2) is 24.3 Å². The van der Waals surface area contributed by atoms with Gasteiger partial charge >= 0.3 is 9.28 Å². The fourth-order valence-corrected chi connectivity index (χ4v) is 5.73. The van der Waals surface area contributed by atoms with Gasteiger partial charge in [-0.15, -0.1) is 0 Å². The molecule has 0 fully saturated rings. The largest absolute Gasteiger partial charge is 0.519 e. The molecule has 4 nitrogen and oxygen atoms in total. The highest BCUT2D eigenvalue weighted by molar-refractivity contribution is 6.75. The van der Waals surface area contributed by atoms with E-state index in [2.05, 4.69) is 19.6 Å². The van der Waals surface area contributed by atoms with Crippen LogP contribution in [0.3, 0.4) is 0 Å². The highest BCUT2D eigenvalue weighted by atomic mass is 28.4. The van der Waals surface area contributed by atoms with Crippen LogP contribution in [-0.2, 0) is 4.12 Å². The first-order chi connectivity index (χ1) is 8.99. The third-order valence-electron chi connectivity index (χ3n) is 2.38. The van der Waals surface area contributed by atoms with Crippen LogP contribution < -0.4 is 4.43 Å². The van der Waals surface area contributed by atoms with Crippen LogP contribution in [0, 0.1) is 0 Å². The molecule has 1 aromatic carbocycles. The van der Waals surface area contributed by atoms with Gasteiger partial charge in [-0.05, 0) is 64.3 Å². The van der Waals surface area contributed by atoms with Crippen molar-refractivity contribution in [3.05, 3.63) is 29.8 Å². The number of aliphatic hydroxyl groups is 1. The SMILES string of the molecule is C[Si](Oc1ccc(C(=O)C(C)(C)O)cc1)O[Si](C)(C)C. The molecule has 20 heavy (non-hydrogen) atoms. The van der Waals surface area contributed by atoms with Crippen molar-refractivity contribution in [3.63, 3.8) is 0 Å². The molecular weight excluding hydrogens is 288 g/mol. The van der Waals surface area contributed by atoms with Crippen molar-refractivity contribution in [2.45, 2.75) is 45.6 Å². The molecular formula is C14H23O4Si2. The Labute approximate surface area is 123 Å². The van der Waals surface area contributed by atoms with Crippen molar-refractivity contribution >= 4 is 23.4 Å². The average Bonchev–Trinajstić information content (AvgIpc) is 2.25. The topological polar surface area (TPSA) is 55.8 Å². The van der Waals surface area contributed by atoms with Crippen LogP contribution in [-0.4, -0.2) is 34.1 Å². The van der Waals surface area contributed by atoms with E-state index in [-0.39, 0.29) is 5.78 Å². The molecule has 111 valence electrons. The third-order valence-corrected chi connectivity index (χ3v) is 6.51. The van der Waals surface area contributed by atoms with E-state index in [0.717, 1.165) is 0 Å². The van der Waals surface area contributed by atoms with Crippen LogP contribution >= 0.6 is 0 Å². The van der Waals surface area contributed by atoms with Gasteiger partial charge in [-0.25, -0.2) is 0 Å². The summed E-state index contributed by atoms with van der Waals surface area (Å²) in [6, 6.07) is 6.81. The van der Waals surface area contributed by atoms with Crippen LogP contribution in [0.25, 0.3) is 0 Å². The van der Waals surface area contributed by atoms with E-state index in [1.807, 2.05) is 6.55 Å². The molecule has 1 aromatic rings. The highest BCUT2D eigenvalue weighted by Gasteiger charge is 2.25. The first-order valence-electron chi connectivity index (χ1n) is 6.57. The second kappa shape index (κ2) is 6.21. The van der Waals surface area contributed by atoms with Gasteiger partial charge in [0.05, 0.1) is 0 Å². The molecule has 6 heteroatoms. The number of hydrogen-bond acceptors (Lipinski definition) is 4. The summed E-state index contributed by atoms with van der Waals surface area (Å²) in [5, 5.41) is 9.69. The summed E-state index contributed by atoms with van der Waals surface area (Å²) in [6.07, 6.45) is 0. The van der Waals surface area contributed by atoms with Crippen LogP contribution in [0.5, 0.6) is 5.75 Å². The predicted molar refractivity (Wildman–Crippen MR) is 83.7 cm³/mol. The molecule has 0 amide bonds. The normalized spacial score (nSPS) is 12.6. The van der Waals surface area contributed by atoms with Gasteiger partial charge in [0.15, 0.2) is 14.1 Å². The molecule has 1 N–H and O–H groups in total. The minimum Gasteiger partial charge on any atom is -0.519 e. The molecule has 0 bridgehead atoms. The summed E-state index contributed by atoms with van der Waals surface area (Å²) in [7, 11) is -2.93. The quantitative estimate of drug-likeness (QED) is 0.648. The molecule has 1 radical (unpaired) electrons. The second-order valence-electron chi connectivity index (χ2n) is 6.22. The van der Waals surface area contributed by atoms with Gasteiger partial charge in [0.2, 0.25) is 0 Å². The summed E-state index contributed by atoms with van der Waals surface area (Å²) in [4.78, 5) is 11.9. The predicted octanol–water partition coefficient (Wildman–Crippen LogP) is 2.99. The fourth-order valence-electron chi connectivity index (χ4n) is 1.65. The van der Waals surface area contributed by atoms with Crippen molar-refractivity contribution in [2.24, 2.45) is 0 Å². The second-order valence-corrected chi connectivity index (χ2v) is 12.4. The van der Waals surface area contributed by atoms with Crippen molar-refractivity contribution < 1.29 is 18.4 Å². The lowest BCUT2D eigenvalue weighted by Gasteiger charge is -2.22. The van der Waals surface area contributed by atoms with Crippen molar-refractivity contribution in [2.75, 3.05) is 0 Å². The summed E-state index contributed by atoms with van der Waals surface area (Å²) < 4.78 is 11.6. The zero-order valence-electron chi connectivity index (χ0n) is 13.0. The van der Waals surface area contributed by atoms with Gasteiger partial charge in [-0.1, -0.05) is 0 Å². The Morgan fingerprint density at radius 2 is 1.70 bits per heavy atom. The summed E-state index contributed by atoms with van der Waals surface area (Å²) >= 11 is 0. The number of benzene rings is 1. The van der Waals surface area contributed by atoms with Crippen LogP contribution in [0.1, 0.15) is 24.2 Å². The number of carbonyl (C=O) groups is 1. The van der Waals surface area contributed by atoms with Gasteiger partial charge in [-0.2, -0.15) is 0 Å². The smallest absolute Gasteiger partial charge is 0.443 e. The Morgan fingerprint density at radius 3 is 2.10 bits per heavy atom. The molecule has 0 aliphatic rings. The Kier molecular flexibility index (Phi) is 5.31. The van der Waals surface area contributed by atoms with Gasteiger partial charge < -0.3 is 13.6 Å². The van der Waals surface area contributed by atoms with E-state index in [4.69, 9.17) is 8.54 Å². The fraction of sp³-hybridized carbons (Fsp3) is 0.500. The lowest BCUT2D eigenvalue weighted by atomic mass is 9.97. The molecule has 0 spiro atoms. The third kappa shape index (κ3) is 5.58.